The number of nitrogens with one attached hydrogen (secondary N) is 1. The van der Waals surface area contributed by atoms with Gasteiger partial charge in [0.1, 0.15) is 5.75 Å². The molecule has 1 aromatic carbocycles. The van der Waals surface area contributed by atoms with E-state index in [2.05, 4.69) is 45.1 Å². The van der Waals surface area contributed by atoms with Gasteiger partial charge in [-0.15, -0.1) is 0 Å². The first-order valence-electron chi connectivity index (χ1n) is 8.53. The van der Waals surface area contributed by atoms with Gasteiger partial charge < -0.3 is 10.1 Å². The first-order valence-corrected chi connectivity index (χ1v) is 8.53. The van der Waals surface area contributed by atoms with Crippen LogP contribution in [-0.4, -0.2) is 13.7 Å². The normalized spacial score (nSPS) is 12.4. The third kappa shape index (κ3) is 5.35. The molecule has 2 nitrogen and oxygen atoms in total. The van der Waals surface area contributed by atoms with Crippen molar-refractivity contribution in [3.63, 3.8) is 0 Å². The fourth-order valence-electron chi connectivity index (χ4n) is 2.92. The predicted molar refractivity (Wildman–Crippen MR) is 92.3 cm³/mol. The standard InChI is InChI=1S/C19H33NO/c1-6-8-9-10-11-12-18(20-7-2)17-14-13-15(3)16(4)19(17)21-5/h13-14,18,20H,6-12H2,1-5H3. The van der Waals surface area contributed by atoms with Crippen molar-refractivity contribution in [1.29, 1.82) is 0 Å². The SMILES string of the molecule is CCCCCCCC(NCC)c1ccc(C)c(C)c1OC. The van der Waals surface area contributed by atoms with E-state index >= 15 is 0 Å². The zero-order valence-electron chi connectivity index (χ0n) is 14.6. The Labute approximate surface area is 131 Å². The molecule has 0 amide bonds. The van der Waals surface area contributed by atoms with Gasteiger partial charge in [-0.2, -0.15) is 0 Å². The number of ether oxygens (including phenoxy) is 1. The zero-order chi connectivity index (χ0) is 15.7. The minimum Gasteiger partial charge on any atom is -0.496 e. The molecule has 0 saturated carbocycles. The van der Waals surface area contributed by atoms with Gasteiger partial charge in [0.05, 0.1) is 7.11 Å². The van der Waals surface area contributed by atoms with Gasteiger partial charge in [0.15, 0.2) is 0 Å². The lowest BCUT2D eigenvalue weighted by Crippen LogP contribution is -2.21. The molecule has 1 unspecified atom stereocenters. The molecule has 0 bridgehead atoms. The van der Waals surface area contributed by atoms with Crippen LogP contribution in [0.15, 0.2) is 12.1 Å². The van der Waals surface area contributed by atoms with Gasteiger partial charge in [0.2, 0.25) is 0 Å². The smallest absolute Gasteiger partial charge is 0.126 e. The highest BCUT2D eigenvalue weighted by atomic mass is 16.5. The third-order valence-corrected chi connectivity index (χ3v) is 4.33. The van der Waals surface area contributed by atoms with E-state index in [1.807, 2.05) is 0 Å². The Kier molecular flexibility index (Phi) is 8.44. The summed E-state index contributed by atoms with van der Waals surface area (Å²) in [4.78, 5) is 0. The van der Waals surface area contributed by atoms with E-state index in [1.165, 1.54) is 55.2 Å². The fourth-order valence-corrected chi connectivity index (χ4v) is 2.92. The van der Waals surface area contributed by atoms with Crippen molar-refractivity contribution in [3.05, 3.63) is 28.8 Å². The summed E-state index contributed by atoms with van der Waals surface area (Å²) < 4.78 is 5.69. The molecule has 1 N–H and O–H groups in total. The molecule has 0 aromatic heterocycles. The molecule has 0 spiro atoms. The third-order valence-electron chi connectivity index (χ3n) is 4.33. The summed E-state index contributed by atoms with van der Waals surface area (Å²) in [6.07, 6.45) is 7.84. The summed E-state index contributed by atoms with van der Waals surface area (Å²) in [7, 11) is 1.79. The molecule has 1 rings (SSSR count). The van der Waals surface area contributed by atoms with Crippen molar-refractivity contribution in [2.75, 3.05) is 13.7 Å². The van der Waals surface area contributed by atoms with Gasteiger partial charge in [-0.3, -0.25) is 0 Å². The van der Waals surface area contributed by atoms with E-state index in [0.717, 1.165) is 12.3 Å². The molecule has 1 atom stereocenters. The maximum Gasteiger partial charge on any atom is 0.126 e. The summed E-state index contributed by atoms with van der Waals surface area (Å²) in [5.41, 5.74) is 3.88. The highest BCUT2D eigenvalue weighted by Crippen LogP contribution is 2.33. The second kappa shape index (κ2) is 9.83. The molecule has 0 radical (unpaired) electrons. The molecule has 0 aliphatic carbocycles. The van der Waals surface area contributed by atoms with Crippen molar-refractivity contribution < 1.29 is 4.74 Å². The van der Waals surface area contributed by atoms with Crippen LogP contribution in [0.2, 0.25) is 0 Å². The minimum atomic E-state index is 0.408. The molecule has 0 fully saturated rings. The van der Waals surface area contributed by atoms with Crippen molar-refractivity contribution in [1.82, 2.24) is 5.32 Å². The average molecular weight is 291 g/mol. The van der Waals surface area contributed by atoms with Crippen LogP contribution >= 0.6 is 0 Å². The Morgan fingerprint density at radius 2 is 1.76 bits per heavy atom. The van der Waals surface area contributed by atoms with Crippen molar-refractivity contribution in [3.8, 4) is 5.75 Å². The molecule has 21 heavy (non-hydrogen) atoms. The zero-order valence-corrected chi connectivity index (χ0v) is 14.6. The molecule has 0 aliphatic rings. The Hall–Kier alpha value is -1.02. The van der Waals surface area contributed by atoms with Crippen LogP contribution in [0.4, 0.5) is 0 Å². The summed E-state index contributed by atoms with van der Waals surface area (Å²) >= 11 is 0. The molecular weight excluding hydrogens is 258 g/mol. The van der Waals surface area contributed by atoms with Crippen LogP contribution in [-0.2, 0) is 0 Å². The van der Waals surface area contributed by atoms with Crippen molar-refractivity contribution in [2.24, 2.45) is 0 Å². The Morgan fingerprint density at radius 1 is 1.05 bits per heavy atom. The molecule has 0 aliphatic heterocycles. The van der Waals surface area contributed by atoms with Crippen LogP contribution in [0, 0.1) is 13.8 Å². The van der Waals surface area contributed by atoms with Crippen LogP contribution in [0.25, 0.3) is 0 Å². The van der Waals surface area contributed by atoms with E-state index in [4.69, 9.17) is 4.74 Å². The quantitative estimate of drug-likeness (QED) is 0.589. The largest absolute Gasteiger partial charge is 0.496 e. The number of benzene rings is 1. The van der Waals surface area contributed by atoms with Crippen LogP contribution in [0.5, 0.6) is 5.75 Å². The molecule has 0 saturated heterocycles. The van der Waals surface area contributed by atoms with E-state index in [9.17, 15) is 0 Å². The summed E-state index contributed by atoms with van der Waals surface area (Å²) in [5.74, 6) is 1.06. The monoisotopic (exact) mass is 291 g/mol. The number of hydrogen-bond acceptors (Lipinski definition) is 2. The molecule has 0 heterocycles. The second-order valence-corrected chi connectivity index (χ2v) is 5.94. The highest BCUT2D eigenvalue weighted by Gasteiger charge is 2.17. The Balaban J connectivity index is 2.78. The first kappa shape index (κ1) is 18.0. The van der Waals surface area contributed by atoms with Crippen LogP contribution in [0.3, 0.4) is 0 Å². The number of hydrogen-bond donors (Lipinski definition) is 1. The van der Waals surface area contributed by atoms with Gasteiger partial charge in [0.25, 0.3) is 0 Å². The number of methoxy groups -OCH3 is 1. The Morgan fingerprint density at radius 3 is 2.38 bits per heavy atom. The van der Waals surface area contributed by atoms with E-state index in [1.54, 1.807) is 7.11 Å². The molecular formula is C19H33NO. The lowest BCUT2D eigenvalue weighted by atomic mass is 9.95. The molecule has 120 valence electrons. The van der Waals surface area contributed by atoms with Crippen LogP contribution in [0.1, 0.15) is 75.1 Å². The number of unbranched alkanes of at least 4 members (excludes halogenated alkanes) is 4. The second-order valence-electron chi connectivity index (χ2n) is 5.94. The van der Waals surface area contributed by atoms with Crippen molar-refractivity contribution in [2.45, 2.75) is 72.3 Å². The van der Waals surface area contributed by atoms with Gasteiger partial charge in [-0.05, 0) is 37.9 Å². The van der Waals surface area contributed by atoms with E-state index in [0.29, 0.717) is 6.04 Å². The van der Waals surface area contributed by atoms with Gasteiger partial charge in [0, 0.05) is 11.6 Å². The van der Waals surface area contributed by atoms with Gasteiger partial charge >= 0.3 is 0 Å². The topological polar surface area (TPSA) is 21.3 Å². The van der Waals surface area contributed by atoms with E-state index in [-0.39, 0.29) is 0 Å². The predicted octanol–water partition coefficient (Wildman–Crippen LogP) is 5.32. The van der Waals surface area contributed by atoms with Gasteiger partial charge in [-0.1, -0.05) is 58.1 Å². The molecule has 2 heteroatoms. The maximum atomic E-state index is 5.69. The summed E-state index contributed by atoms with van der Waals surface area (Å²) in [6.45, 7) is 9.74. The minimum absolute atomic E-state index is 0.408. The lowest BCUT2D eigenvalue weighted by Gasteiger charge is -2.23. The lowest BCUT2D eigenvalue weighted by molar-refractivity contribution is 0.389. The summed E-state index contributed by atoms with van der Waals surface area (Å²) in [5, 5.41) is 3.63. The Bertz CT molecular complexity index is 414. The van der Waals surface area contributed by atoms with Crippen molar-refractivity contribution >= 4 is 0 Å². The maximum absolute atomic E-state index is 5.69. The van der Waals surface area contributed by atoms with Gasteiger partial charge in [-0.25, -0.2) is 0 Å². The van der Waals surface area contributed by atoms with E-state index < -0.39 is 0 Å². The fraction of sp³-hybridized carbons (Fsp3) is 0.684. The van der Waals surface area contributed by atoms with Crippen LogP contribution < -0.4 is 10.1 Å². The number of aryl methyl sites for hydroxylation is 1. The first-order chi connectivity index (χ1) is 10.2. The molecule has 1 aromatic rings. The number of rotatable bonds is 10. The highest BCUT2D eigenvalue weighted by molar-refractivity contribution is 5.46. The average Bonchev–Trinajstić information content (AvgIpc) is 2.48. The summed E-state index contributed by atoms with van der Waals surface area (Å²) in [6, 6.07) is 4.86.